The van der Waals surface area contributed by atoms with Crippen molar-refractivity contribution in [2.75, 3.05) is 0 Å². The molecule has 0 unspecified atom stereocenters. The Kier molecular flexibility index (Phi) is 5.11. The summed E-state index contributed by atoms with van der Waals surface area (Å²) in [6.45, 7) is 1.98. The van der Waals surface area contributed by atoms with Gasteiger partial charge in [0, 0.05) is 0 Å². The predicted octanol–water partition coefficient (Wildman–Crippen LogP) is 3.99. The van der Waals surface area contributed by atoms with Gasteiger partial charge in [-0.3, -0.25) is 0 Å². The maximum atomic E-state index is 12.6. The number of benzene rings is 2. The summed E-state index contributed by atoms with van der Waals surface area (Å²) in [5.41, 5.74) is 1.80. The van der Waals surface area contributed by atoms with Gasteiger partial charge in [-0.25, -0.2) is 13.3 Å². The monoisotopic (exact) mass is 341 g/mol. The van der Waals surface area contributed by atoms with Crippen molar-refractivity contribution in [1.82, 2.24) is 4.31 Å². The molecule has 0 fully saturated rings. The highest BCUT2D eigenvalue weighted by atomic mass is 32.2. The van der Waals surface area contributed by atoms with E-state index in [1.165, 1.54) is 4.31 Å². The highest BCUT2D eigenvalue weighted by Crippen LogP contribution is 2.30. The SMILES string of the molecule is C[C@H]1C=C[C@@H](c2ccccc2)N(C(=O)OCc2ccccc2)[S@@]1=O. The molecule has 3 rings (SSSR count). The molecule has 3 atom stereocenters. The first-order valence-electron chi connectivity index (χ1n) is 7.80. The number of rotatable bonds is 3. The zero-order valence-electron chi connectivity index (χ0n) is 13.4. The minimum absolute atomic E-state index is 0.160. The number of amides is 1. The standard InChI is InChI=1S/C19H19NO3S/c1-15-12-13-18(17-10-6-3-7-11-17)20(24(15)22)19(21)23-14-16-8-4-2-5-9-16/h2-13,15,18H,14H2,1H3/t15-,18-,24+/m0/s1. The van der Waals surface area contributed by atoms with E-state index in [0.29, 0.717) is 0 Å². The first-order valence-corrected chi connectivity index (χ1v) is 8.97. The van der Waals surface area contributed by atoms with E-state index in [-0.39, 0.29) is 17.9 Å². The van der Waals surface area contributed by atoms with Crippen molar-refractivity contribution in [3.63, 3.8) is 0 Å². The van der Waals surface area contributed by atoms with Crippen LogP contribution in [-0.4, -0.2) is 19.9 Å². The molecular weight excluding hydrogens is 322 g/mol. The lowest BCUT2D eigenvalue weighted by Crippen LogP contribution is -2.41. The third kappa shape index (κ3) is 3.57. The van der Waals surface area contributed by atoms with Crippen molar-refractivity contribution in [1.29, 1.82) is 0 Å². The van der Waals surface area contributed by atoms with Crippen molar-refractivity contribution in [2.45, 2.75) is 24.8 Å². The molecule has 0 bridgehead atoms. The highest BCUT2D eigenvalue weighted by molar-refractivity contribution is 7.84. The van der Waals surface area contributed by atoms with Crippen LogP contribution in [0.4, 0.5) is 4.79 Å². The summed E-state index contributed by atoms with van der Waals surface area (Å²) in [5, 5.41) is -0.228. The third-order valence-corrected chi connectivity index (χ3v) is 5.41. The fourth-order valence-corrected chi connectivity index (χ4v) is 3.76. The molecule has 0 saturated carbocycles. The second-order valence-electron chi connectivity index (χ2n) is 5.59. The van der Waals surface area contributed by atoms with Gasteiger partial charge in [0.05, 0.1) is 11.3 Å². The summed E-state index contributed by atoms with van der Waals surface area (Å²) in [6.07, 6.45) is 3.22. The van der Waals surface area contributed by atoms with E-state index in [0.717, 1.165) is 11.1 Å². The molecule has 4 nitrogen and oxygen atoms in total. The second kappa shape index (κ2) is 7.45. The average Bonchev–Trinajstić information content (AvgIpc) is 2.63. The predicted molar refractivity (Wildman–Crippen MR) is 94.4 cm³/mol. The minimum Gasteiger partial charge on any atom is -0.444 e. The summed E-state index contributed by atoms with van der Waals surface area (Å²) in [5.74, 6) is 0. The molecule has 0 N–H and O–H groups in total. The lowest BCUT2D eigenvalue weighted by Gasteiger charge is -2.32. The molecule has 0 saturated heterocycles. The molecule has 1 heterocycles. The molecule has 1 aliphatic rings. The lowest BCUT2D eigenvalue weighted by molar-refractivity contribution is 0.115. The van der Waals surface area contributed by atoms with Crippen LogP contribution in [0.25, 0.3) is 0 Å². The van der Waals surface area contributed by atoms with Gasteiger partial charge in [0.2, 0.25) is 0 Å². The van der Waals surface area contributed by atoms with E-state index < -0.39 is 17.1 Å². The van der Waals surface area contributed by atoms with Gasteiger partial charge < -0.3 is 4.74 Å². The van der Waals surface area contributed by atoms with E-state index in [1.807, 2.05) is 79.7 Å². The van der Waals surface area contributed by atoms with Gasteiger partial charge in [0.1, 0.15) is 17.6 Å². The molecule has 24 heavy (non-hydrogen) atoms. The van der Waals surface area contributed by atoms with Crippen LogP contribution in [0.1, 0.15) is 24.1 Å². The van der Waals surface area contributed by atoms with Crippen LogP contribution in [0.5, 0.6) is 0 Å². The summed E-state index contributed by atoms with van der Waals surface area (Å²) in [4.78, 5) is 12.6. The summed E-state index contributed by atoms with van der Waals surface area (Å²) < 4.78 is 19.4. The quantitative estimate of drug-likeness (QED) is 0.793. The topological polar surface area (TPSA) is 46.6 Å². The fourth-order valence-electron chi connectivity index (χ4n) is 2.56. The van der Waals surface area contributed by atoms with Crippen molar-refractivity contribution < 1.29 is 13.7 Å². The Hall–Kier alpha value is -2.40. The van der Waals surface area contributed by atoms with Crippen LogP contribution < -0.4 is 0 Å². The zero-order chi connectivity index (χ0) is 16.9. The van der Waals surface area contributed by atoms with Gasteiger partial charge in [-0.2, -0.15) is 0 Å². The van der Waals surface area contributed by atoms with Crippen molar-refractivity contribution in [2.24, 2.45) is 0 Å². The normalized spacial score (nSPS) is 23.0. The van der Waals surface area contributed by atoms with Crippen LogP contribution >= 0.6 is 0 Å². The number of ether oxygens (including phenoxy) is 1. The van der Waals surface area contributed by atoms with Crippen LogP contribution in [0.2, 0.25) is 0 Å². The number of nitrogens with zero attached hydrogens (tertiary/aromatic N) is 1. The Morgan fingerprint density at radius 3 is 2.33 bits per heavy atom. The molecule has 0 aliphatic carbocycles. The first kappa shape index (κ1) is 16.5. The number of hydrogen-bond acceptors (Lipinski definition) is 3. The first-order chi connectivity index (χ1) is 11.7. The molecule has 1 aliphatic heterocycles. The maximum Gasteiger partial charge on any atom is 0.422 e. The zero-order valence-corrected chi connectivity index (χ0v) is 14.2. The number of carbonyl (C=O) groups excluding carboxylic acids is 1. The number of hydrogen-bond donors (Lipinski definition) is 0. The molecule has 2 aromatic carbocycles. The summed E-state index contributed by atoms with van der Waals surface area (Å²) >= 11 is 0. The third-order valence-electron chi connectivity index (χ3n) is 3.86. The van der Waals surface area contributed by atoms with E-state index in [2.05, 4.69) is 0 Å². The van der Waals surface area contributed by atoms with E-state index in [9.17, 15) is 9.00 Å². The van der Waals surface area contributed by atoms with Crippen molar-refractivity contribution in [3.8, 4) is 0 Å². The van der Waals surface area contributed by atoms with Crippen molar-refractivity contribution in [3.05, 3.63) is 83.9 Å². The van der Waals surface area contributed by atoms with Crippen LogP contribution in [0, 0.1) is 0 Å². The molecule has 124 valence electrons. The van der Waals surface area contributed by atoms with Crippen LogP contribution in [0.15, 0.2) is 72.8 Å². The Morgan fingerprint density at radius 2 is 1.67 bits per heavy atom. The molecule has 0 spiro atoms. The van der Waals surface area contributed by atoms with Gasteiger partial charge in [0.15, 0.2) is 0 Å². The average molecular weight is 341 g/mol. The van der Waals surface area contributed by atoms with Gasteiger partial charge in [-0.1, -0.05) is 72.8 Å². The van der Waals surface area contributed by atoms with Gasteiger partial charge in [0.25, 0.3) is 0 Å². The Bertz CT molecular complexity index is 746. The van der Waals surface area contributed by atoms with Gasteiger partial charge >= 0.3 is 6.09 Å². The molecule has 0 aromatic heterocycles. The molecule has 2 aromatic rings. The highest BCUT2D eigenvalue weighted by Gasteiger charge is 2.35. The van der Waals surface area contributed by atoms with E-state index >= 15 is 0 Å². The van der Waals surface area contributed by atoms with Crippen molar-refractivity contribution >= 4 is 17.1 Å². The summed E-state index contributed by atoms with van der Waals surface area (Å²) in [7, 11) is -1.47. The molecular formula is C19H19NO3S. The maximum absolute atomic E-state index is 12.6. The number of carbonyl (C=O) groups is 1. The fraction of sp³-hybridized carbons (Fsp3) is 0.211. The van der Waals surface area contributed by atoms with Gasteiger partial charge in [-0.05, 0) is 18.1 Å². The molecule has 0 radical (unpaired) electrons. The van der Waals surface area contributed by atoms with Crippen LogP contribution in [0.3, 0.4) is 0 Å². The van der Waals surface area contributed by atoms with E-state index in [4.69, 9.17) is 4.74 Å². The molecule has 1 amide bonds. The Labute approximate surface area is 144 Å². The molecule has 5 heteroatoms. The Morgan fingerprint density at radius 1 is 1.04 bits per heavy atom. The van der Waals surface area contributed by atoms with E-state index in [1.54, 1.807) is 0 Å². The summed E-state index contributed by atoms with van der Waals surface area (Å²) in [6, 6.07) is 18.6. The van der Waals surface area contributed by atoms with Crippen LogP contribution in [-0.2, 0) is 22.3 Å². The second-order valence-corrected chi connectivity index (χ2v) is 7.28. The Balaban J connectivity index is 1.80. The smallest absolute Gasteiger partial charge is 0.422 e. The largest absolute Gasteiger partial charge is 0.444 e. The minimum atomic E-state index is -1.47. The lowest BCUT2D eigenvalue weighted by atomic mass is 10.1. The van der Waals surface area contributed by atoms with Gasteiger partial charge in [-0.15, -0.1) is 0 Å².